The van der Waals surface area contributed by atoms with Crippen molar-refractivity contribution in [3.8, 4) is 0 Å². The third-order valence-electron chi connectivity index (χ3n) is 2.68. The largest absolute Gasteiger partial charge is 0.481 e. The van der Waals surface area contributed by atoms with Crippen LogP contribution in [0, 0.1) is 0 Å². The van der Waals surface area contributed by atoms with Crippen LogP contribution in [0.25, 0.3) is 0 Å². The number of carboxylic acids is 1. The maximum atomic E-state index is 10.9. The van der Waals surface area contributed by atoms with E-state index in [2.05, 4.69) is 4.98 Å². The zero-order valence-corrected chi connectivity index (χ0v) is 8.55. The van der Waals surface area contributed by atoms with Gasteiger partial charge in [-0.1, -0.05) is 0 Å². The monoisotopic (exact) mass is 210 g/mol. The van der Waals surface area contributed by atoms with E-state index in [1.165, 1.54) is 0 Å². The summed E-state index contributed by atoms with van der Waals surface area (Å²) in [7, 11) is 1.94. The van der Waals surface area contributed by atoms with Crippen molar-refractivity contribution in [2.24, 2.45) is 5.73 Å². The van der Waals surface area contributed by atoms with Gasteiger partial charge in [0.25, 0.3) is 0 Å². The fourth-order valence-corrected chi connectivity index (χ4v) is 1.77. The second-order valence-corrected chi connectivity index (χ2v) is 3.71. The summed E-state index contributed by atoms with van der Waals surface area (Å²) in [5, 5.41) is 8.94. The normalized spacial score (nSPS) is 16.5. The van der Waals surface area contributed by atoms with Gasteiger partial charge in [0, 0.05) is 32.9 Å². The smallest absolute Gasteiger partial charge is 0.313 e. The van der Waals surface area contributed by atoms with E-state index in [1.54, 1.807) is 6.20 Å². The molecule has 1 aliphatic rings. The Kier molecular flexibility index (Phi) is 2.36. The Balaban J connectivity index is 2.31. The van der Waals surface area contributed by atoms with E-state index in [9.17, 15) is 4.79 Å². The number of fused-ring (bicyclic) bond motifs is 1. The van der Waals surface area contributed by atoms with E-state index in [1.807, 2.05) is 16.5 Å². The molecule has 0 fully saturated rings. The molecule has 1 atom stereocenters. The van der Waals surface area contributed by atoms with E-state index in [-0.39, 0.29) is 6.54 Å². The number of anilines is 1. The predicted molar refractivity (Wildman–Crippen MR) is 54.9 cm³/mol. The lowest BCUT2D eigenvalue weighted by Gasteiger charge is -2.08. The van der Waals surface area contributed by atoms with E-state index in [0.717, 1.165) is 19.0 Å². The molecule has 6 heteroatoms. The highest BCUT2D eigenvalue weighted by Gasteiger charge is 2.25. The van der Waals surface area contributed by atoms with Gasteiger partial charge < -0.3 is 20.3 Å². The van der Waals surface area contributed by atoms with Crippen LogP contribution in [0.1, 0.15) is 11.6 Å². The molecule has 15 heavy (non-hydrogen) atoms. The van der Waals surface area contributed by atoms with Gasteiger partial charge in [-0.2, -0.15) is 0 Å². The summed E-state index contributed by atoms with van der Waals surface area (Å²) in [4.78, 5) is 17.2. The molecule has 82 valence electrons. The summed E-state index contributed by atoms with van der Waals surface area (Å²) < 4.78 is 1.96. The van der Waals surface area contributed by atoms with Crippen LogP contribution in [-0.2, 0) is 11.3 Å². The van der Waals surface area contributed by atoms with E-state index in [4.69, 9.17) is 10.8 Å². The number of aliphatic carboxylic acids is 1. The van der Waals surface area contributed by atoms with Crippen molar-refractivity contribution < 1.29 is 9.90 Å². The number of hydrogen-bond donors (Lipinski definition) is 2. The quantitative estimate of drug-likeness (QED) is 0.700. The molecule has 1 aliphatic heterocycles. The summed E-state index contributed by atoms with van der Waals surface area (Å²) >= 11 is 0. The minimum Gasteiger partial charge on any atom is -0.481 e. The Bertz CT molecular complexity index is 387. The Hall–Kier alpha value is -1.56. The van der Waals surface area contributed by atoms with Gasteiger partial charge in [0.05, 0.1) is 5.69 Å². The Morgan fingerprint density at radius 3 is 3.00 bits per heavy atom. The first-order valence-corrected chi connectivity index (χ1v) is 4.84. The van der Waals surface area contributed by atoms with Crippen molar-refractivity contribution in [2.75, 3.05) is 25.0 Å². The zero-order chi connectivity index (χ0) is 11.0. The number of likely N-dealkylation sites (N-methyl/N-ethyl adjacent to an activating group) is 1. The molecule has 3 N–H and O–H groups in total. The van der Waals surface area contributed by atoms with Crippen molar-refractivity contribution in [3.05, 3.63) is 11.9 Å². The summed E-state index contributed by atoms with van der Waals surface area (Å²) in [5.74, 6) is -0.793. The van der Waals surface area contributed by atoms with Crippen LogP contribution in [0.4, 0.5) is 5.95 Å². The second-order valence-electron chi connectivity index (χ2n) is 3.71. The molecule has 0 saturated carbocycles. The number of rotatable bonds is 3. The van der Waals surface area contributed by atoms with Crippen LogP contribution in [0.5, 0.6) is 0 Å². The van der Waals surface area contributed by atoms with Crippen molar-refractivity contribution in [1.82, 2.24) is 9.55 Å². The fourth-order valence-electron chi connectivity index (χ4n) is 1.77. The van der Waals surface area contributed by atoms with Gasteiger partial charge in [0.15, 0.2) is 0 Å². The Morgan fingerprint density at radius 1 is 1.73 bits per heavy atom. The molecule has 0 aliphatic carbocycles. The fraction of sp³-hybridized carbons (Fsp3) is 0.556. The number of imidazole rings is 1. The molecule has 6 nitrogen and oxygen atoms in total. The number of hydrogen-bond acceptors (Lipinski definition) is 4. The molecular formula is C9H14N4O2. The van der Waals surface area contributed by atoms with Crippen molar-refractivity contribution >= 4 is 11.9 Å². The molecule has 1 aromatic rings. The van der Waals surface area contributed by atoms with Gasteiger partial charge in [0.1, 0.15) is 5.92 Å². The first-order valence-electron chi connectivity index (χ1n) is 4.84. The van der Waals surface area contributed by atoms with Gasteiger partial charge in [-0.15, -0.1) is 0 Å². The Labute approximate surface area is 87.3 Å². The topological polar surface area (TPSA) is 84.4 Å². The first-order chi connectivity index (χ1) is 7.13. The lowest BCUT2D eigenvalue weighted by molar-refractivity contribution is -0.138. The lowest BCUT2D eigenvalue weighted by Crippen LogP contribution is -2.22. The average molecular weight is 210 g/mol. The van der Waals surface area contributed by atoms with Crippen molar-refractivity contribution in [1.29, 1.82) is 0 Å². The van der Waals surface area contributed by atoms with Crippen LogP contribution in [0.3, 0.4) is 0 Å². The molecular weight excluding hydrogens is 196 g/mol. The number of aromatic nitrogens is 2. The van der Waals surface area contributed by atoms with E-state index < -0.39 is 11.9 Å². The van der Waals surface area contributed by atoms with Crippen LogP contribution < -0.4 is 10.6 Å². The minimum absolute atomic E-state index is 0.0789. The molecule has 1 aromatic heterocycles. The molecule has 0 saturated heterocycles. The SMILES string of the molecule is CN1CCn2cc(C(CN)C(=O)O)nc21. The summed E-state index contributed by atoms with van der Waals surface area (Å²) in [6, 6.07) is 0. The average Bonchev–Trinajstić information content (AvgIpc) is 2.70. The molecule has 0 amide bonds. The summed E-state index contributed by atoms with van der Waals surface area (Å²) in [6.45, 7) is 1.86. The third-order valence-corrected chi connectivity index (χ3v) is 2.68. The van der Waals surface area contributed by atoms with Gasteiger partial charge in [0.2, 0.25) is 5.95 Å². The maximum Gasteiger partial charge on any atom is 0.313 e. The van der Waals surface area contributed by atoms with Crippen molar-refractivity contribution in [2.45, 2.75) is 12.5 Å². The van der Waals surface area contributed by atoms with Gasteiger partial charge in [-0.3, -0.25) is 4.79 Å². The number of nitrogens with zero attached hydrogens (tertiary/aromatic N) is 3. The molecule has 0 radical (unpaired) electrons. The van der Waals surface area contributed by atoms with Crippen LogP contribution >= 0.6 is 0 Å². The third kappa shape index (κ3) is 1.56. The zero-order valence-electron chi connectivity index (χ0n) is 8.55. The maximum absolute atomic E-state index is 10.9. The molecule has 2 heterocycles. The van der Waals surface area contributed by atoms with Gasteiger partial charge in [-0.25, -0.2) is 4.98 Å². The number of carboxylic acid groups (broad SMARTS) is 1. The van der Waals surface area contributed by atoms with Crippen molar-refractivity contribution in [3.63, 3.8) is 0 Å². The predicted octanol–water partition coefficient (Wildman–Crippen LogP) is -0.540. The number of carbonyl (C=O) groups is 1. The first kappa shape index (κ1) is 9.97. The second kappa shape index (κ2) is 3.54. The summed E-state index contributed by atoms with van der Waals surface area (Å²) in [6.07, 6.45) is 1.78. The summed E-state index contributed by atoms with van der Waals surface area (Å²) in [5.41, 5.74) is 5.96. The van der Waals surface area contributed by atoms with Gasteiger partial charge in [-0.05, 0) is 0 Å². The standard InChI is InChI=1S/C9H14N4O2/c1-12-2-3-13-5-7(11-9(12)13)6(4-10)8(14)15/h5-6H,2-4,10H2,1H3,(H,14,15). The number of nitrogens with two attached hydrogens (primary N) is 1. The van der Waals surface area contributed by atoms with Gasteiger partial charge >= 0.3 is 5.97 Å². The highest BCUT2D eigenvalue weighted by molar-refractivity contribution is 5.75. The molecule has 2 rings (SSSR count). The van der Waals surface area contributed by atoms with Crippen LogP contribution in [0.15, 0.2) is 6.20 Å². The molecule has 0 spiro atoms. The van der Waals surface area contributed by atoms with E-state index in [0.29, 0.717) is 5.69 Å². The Morgan fingerprint density at radius 2 is 2.47 bits per heavy atom. The molecule has 1 unspecified atom stereocenters. The minimum atomic E-state index is -0.920. The van der Waals surface area contributed by atoms with Crippen LogP contribution in [0.2, 0.25) is 0 Å². The van der Waals surface area contributed by atoms with E-state index >= 15 is 0 Å². The van der Waals surface area contributed by atoms with Crippen LogP contribution in [-0.4, -0.2) is 40.8 Å². The highest BCUT2D eigenvalue weighted by atomic mass is 16.4. The molecule has 0 aromatic carbocycles. The highest BCUT2D eigenvalue weighted by Crippen LogP contribution is 2.23. The molecule has 0 bridgehead atoms. The lowest BCUT2D eigenvalue weighted by atomic mass is 10.1.